The second kappa shape index (κ2) is 12.5. The molecule has 0 unspecified atom stereocenters. The summed E-state index contributed by atoms with van der Waals surface area (Å²) in [7, 11) is 0. The average Bonchev–Trinajstić information content (AvgIpc) is 2.83. The summed E-state index contributed by atoms with van der Waals surface area (Å²) in [6.45, 7) is 1.48. The van der Waals surface area contributed by atoms with Crippen molar-refractivity contribution in [2.75, 3.05) is 13.2 Å². The van der Waals surface area contributed by atoms with Crippen LogP contribution in [-0.2, 0) is 27.2 Å². The van der Waals surface area contributed by atoms with Crippen LogP contribution in [0.15, 0.2) is 36.5 Å². The van der Waals surface area contributed by atoms with E-state index in [1.165, 1.54) is 18.2 Å². The van der Waals surface area contributed by atoms with Crippen molar-refractivity contribution in [3.8, 4) is 5.75 Å². The molecule has 3 N–H and O–H groups in total. The zero-order valence-corrected chi connectivity index (χ0v) is 18.3. The predicted octanol–water partition coefficient (Wildman–Crippen LogP) is 3.17. The van der Waals surface area contributed by atoms with Crippen LogP contribution < -0.4 is 16.0 Å². The summed E-state index contributed by atoms with van der Waals surface area (Å²) < 4.78 is 49.0. The van der Waals surface area contributed by atoms with Crippen molar-refractivity contribution in [1.29, 1.82) is 0 Å². The number of halogens is 3. The van der Waals surface area contributed by atoms with Crippen LogP contribution in [0.4, 0.5) is 13.2 Å². The molecular weight excluding hydrogens is 459 g/mol. The lowest BCUT2D eigenvalue weighted by molar-refractivity contribution is -0.147. The first-order chi connectivity index (χ1) is 16.2. The average molecular weight is 483 g/mol. The van der Waals surface area contributed by atoms with E-state index in [1.54, 1.807) is 0 Å². The van der Waals surface area contributed by atoms with E-state index in [2.05, 4.69) is 9.82 Å². The van der Waals surface area contributed by atoms with E-state index < -0.39 is 36.1 Å². The molecule has 1 heterocycles. The molecule has 1 amide bonds. The summed E-state index contributed by atoms with van der Waals surface area (Å²) in [4.78, 5) is 44.2. The molecule has 0 saturated carbocycles. The van der Waals surface area contributed by atoms with Gasteiger partial charge >= 0.3 is 24.0 Å². The Balaban J connectivity index is 2.20. The van der Waals surface area contributed by atoms with Gasteiger partial charge in [0.05, 0.1) is 24.3 Å². The topological polar surface area (TPSA) is 130 Å². The minimum absolute atomic E-state index is 0.00517. The number of unbranched alkanes of at least 4 members (excludes halogenated alkanes) is 2. The van der Waals surface area contributed by atoms with E-state index in [-0.39, 0.29) is 30.2 Å². The van der Waals surface area contributed by atoms with Gasteiger partial charge in [0.2, 0.25) is 0 Å². The van der Waals surface area contributed by atoms with E-state index in [0.717, 1.165) is 31.2 Å². The van der Waals surface area contributed by atoms with Crippen molar-refractivity contribution in [3.05, 3.63) is 58.9 Å². The molecule has 34 heavy (non-hydrogen) atoms. The lowest BCUT2D eigenvalue weighted by atomic mass is 10.1. The molecular formula is C22H24F3N3O6. The maximum atomic E-state index is 12.7. The van der Waals surface area contributed by atoms with Crippen LogP contribution in [0.3, 0.4) is 0 Å². The molecule has 0 bridgehead atoms. The molecule has 0 spiro atoms. The van der Waals surface area contributed by atoms with Gasteiger partial charge in [-0.05, 0) is 30.2 Å². The number of carbonyl (C=O) groups excluding carboxylic acids is 3. The Morgan fingerprint density at radius 3 is 2.44 bits per heavy atom. The van der Waals surface area contributed by atoms with Crippen LogP contribution in [-0.4, -0.2) is 36.0 Å². The number of alkyl halides is 3. The number of rotatable bonds is 10. The number of carbonyl (C=O) groups is 3. The van der Waals surface area contributed by atoms with Crippen molar-refractivity contribution in [3.63, 3.8) is 0 Å². The molecule has 0 fully saturated rings. The van der Waals surface area contributed by atoms with Crippen molar-refractivity contribution >= 4 is 17.8 Å². The first-order valence-electron chi connectivity index (χ1n) is 10.3. The Kier molecular flexibility index (Phi) is 9.80. The molecule has 184 valence electrons. The molecule has 2 aromatic rings. The van der Waals surface area contributed by atoms with Crippen molar-refractivity contribution < 1.29 is 41.9 Å². The second-order valence-electron chi connectivity index (χ2n) is 7.01. The van der Waals surface area contributed by atoms with Gasteiger partial charge in [-0.2, -0.15) is 18.7 Å². The van der Waals surface area contributed by atoms with Gasteiger partial charge in [0.1, 0.15) is 6.61 Å². The highest BCUT2D eigenvalue weighted by atomic mass is 19.4. The number of hydrogen-bond acceptors (Lipinski definition) is 8. The standard InChI is InChI=1S/C22H24F3N3O6/c1-2-3-4-9-32-21(31)15-10-17(19(27-12-15)20(30)28-34-18(29)11-26)33-13-14-5-7-16(8-6-14)22(23,24)25/h5-8,10,12H,2-4,9,11,13,26H2,1H3,(H,28,30). The number of hydroxylamine groups is 1. The molecule has 0 atom stereocenters. The zero-order chi connectivity index (χ0) is 25.1. The van der Waals surface area contributed by atoms with Gasteiger partial charge in [-0.25, -0.2) is 14.6 Å². The molecule has 12 heteroatoms. The van der Waals surface area contributed by atoms with E-state index in [1.807, 2.05) is 12.4 Å². The van der Waals surface area contributed by atoms with Crippen molar-refractivity contribution in [1.82, 2.24) is 10.5 Å². The number of amides is 1. The summed E-state index contributed by atoms with van der Waals surface area (Å²) in [5.74, 6) is -2.74. The van der Waals surface area contributed by atoms with Crippen LogP contribution in [0.5, 0.6) is 5.75 Å². The second-order valence-corrected chi connectivity index (χ2v) is 7.01. The normalized spacial score (nSPS) is 11.0. The van der Waals surface area contributed by atoms with Crippen molar-refractivity contribution in [2.24, 2.45) is 5.73 Å². The van der Waals surface area contributed by atoms with E-state index >= 15 is 0 Å². The lowest BCUT2D eigenvalue weighted by Crippen LogP contribution is -2.31. The third kappa shape index (κ3) is 8.03. The van der Waals surface area contributed by atoms with Gasteiger partial charge in [-0.1, -0.05) is 31.9 Å². The van der Waals surface area contributed by atoms with Crippen LogP contribution in [0.1, 0.15) is 58.2 Å². The number of pyridine rings is 1. The number of ether oxygens (including phenoxy) is 2. The number of benzene rings is 1. The van der Waals surface area contributed by atoms with Crippen LogP contribution in [0.2, 0.25) is 0 Å². The Labute approximate surface area is 193 Å². The maximum Gasteiger partial charge on any atom is 0.416 e. The van der Waals surface area contributed by atoms with Gasteiger partial charge in [-0.15, -0.1) is 0 Å². The fraction of sp³-hybridized carbons (Fsp3) is 0.364. The third-order valence-electron chi connectivity index (χ3n) is 4.38. The molecule has 0 aliphatic rings. The summed E-state index contributed by atoms with van der Waals surface area (Å²) in [5.41, 5.74) is 6.15. The Morgan fingerprint density at radius 2 is 1.82 bits per heavy atom. The van der Waals surface area contributed by atoms with Crippen LogP contribution in [0, 0.1) is 0 Å². The number of aromatic nitrogens is 1. The molecule has 0 saturated heterocycles. The Bertz CT molecular complexity index is 996. The SMILES string of the molecule is CCCCCOC(=O)c1cnc(C(=O)NOC(=O)CN)c(OCc2ccc(C(F)(F)F)cc2)c1. The fourth-order valence-corrected chi connectivity index (χ4v) is 2.58. The third-order valence-corrected chi connectivity index (χ3v) is 4.38. The predicted molar refractivity (Wildman–Crippen MR) is 112 cm³/mol. The first kappa shape index (κ1) is 26.6. The van der Waals surface area contributed by atoms with Gasteiger partial charge in [0.15, 0.2) is 11.4 Å². The minimum Gasteiger partial charge on any atom is -0.486 e. The number of esters is 1. The van der Waals surface area contributed by atoms with Crippen molar-refractivity contribution in [2.45, 2.75) is 39.0 Å². The minimum atomic E-state index is -4.48. The highest BCUT2D eigenvalue weighted by Gasteiger charge is 2.30. The van der Waals surface area contributed by atoms with Crippen LogP contribution >= 0.6 is 0 Å². The summed E-state index contributed by atoms with van der Waals surface area (Å²) in [5, 5.41) is 0. The molecule has 0 aliphatic carbocycles. The molecule has 0 aliphatic heterocycles. The lowest BCUT2D eigenvalue weighted by Gasteiger charge is -2.13. The number of nitrogens with one attached hydrogen (secondary N) is 1. The summed E-state index contributed by atoms with van der Waals surface area (Å²) >= 11 is 0. The van der Waals surface area contributed by atoms with Gasteiger partial charge < -0.3 is 20.0 Å². The Hall–Kier alpha value is -3.67. The monoisotopic (exact) mass is 483 g/mol. The number of hydrogen-bond donors (Lipinski definition) is 2. The molecule has 0 radical (unpaired) electrons. The van der Waals surface area contributed by atoms with E-state index in [4.69, 9.17) is 15.2 Å². The summed E-state index contributed by atoms with van der Waals surface area (Å²) in [6, 6.07) is 5.41. The van der Waals surface area contributed by atoms with E-state index in [9.17, 15) is 27.6 Å². The molecule has 2 rings (SSSR count). The van der Waals surface area contributed by atoms with Gasteiger partial charge in [0, 0.05) is 6.20 Å². The van der Waals surface area contributed by atoms with Gasteiger partial charge in [-0.3, -0.25) is 4.79 Å². The molecule has 1 aromatic heterocycles. The quantitative estimate of drug-likeness (QED) is 0.299. The maximum absolute atomic E-state index is 12.7. The zero-order valence-electron chi connectivity index (χ0n) is 18.3. The van der Waals surface area contributed by atoms with Crippen LogP contribution in [0.25, 0.3) is 0 Å². The first-order valence-corrected chi connectivity index (χ1v) is 10.3. The smallest absolute Gasteiger partial charge is 0.416 e. The van der Waals surface area contributed by atoms with E-state index in [0.29, 0.717) is 12.0 Å². The molecule has 1 aromatic carbocycles. The highest BCUT2D eigenvalue weighted by molar-refractivity contribution is 5.97. The number of nitrogens with two attached hydrogens (primary N) is 1. The fourth-order valence-electron chi connectivity index (χ4n) is 2.58. The number of nitrogens with zero attached hydrogens (tertiary/aromatic N) is 1. The molecule has 9 nitrogen and oxygen atoms in total. The Morgan fingerprint density at radius 1 is 1.12 bits per heavy atom. The summed E-state index contributed by atoms with van der Waals surface area (Å²) in [6.07, 6.45) is -0.888. The van der Waals surface area contributed by atoms with Gasteiger partial charge in [0.25, 0.3) is 0 Å². The highest BCUT2D eigenvalue weighted by Crippen LogP contribution is 2.29. The largest absolute Gasteiger partial charge is 0.486 e.